The van der Waals surface area contributed by atoms with Gasteiger partial charge < -0.3 is 36.2 Å². The zero-order valence-electron chi connectivity index (χ0n) is 25.6. The van der Waals surface area contributed by atoms with Crippen LogP contribution in [0, 0.1) is 0 Å². The largest absolute Gasteiger partial charge is 0.461 e. The summed E-state index contributed by atoms with van der Waals surface area (Å²) < 4.78 is 7.15. The van der Waals surface area contributed by atoms with Gasteiger partial charge in [-0.25, -0.2) is 0 Å². The van der Waals surface area contributed by atoms with Crippen molar-refractivity contribution in [2.75, 3.05) is 68.8 Å². The Morgan fingerprint density at radius 1 is 0.977 bits per heavy atom. The van der Waals surface area contributed by atoms with Crippen molar-refractivity contribution in [1.82, 2.24) is 40.5 Å². The van der Waals surface area contributed by atoms with Crippen LogP contribution >= 0.6 is 0 Å². The second-order valence-corrected chi connectivity index (χ2v) is 10.7. The van der Waals surface area contributed by atoms with Crippen LogP contribution in [0.3, 0.4) is 0 Å². The fraction of sp³-hybridized carbons (Fsp3) is 0.533. The van der Waals surface area contributed by atoms with Crippen molar-refractivity contribution >= 4 is 29.5 Å². The molecular weight excluding hydrogens is 562 g/mol. The number of piperazine rings is 1. The number of carbonyl (C=O) groups excluding carboxylic acids is 2. The van der Waals surface area contributed by atoms with Crippen LogP contribution < -0.4 is 26.6 Å². The standard InChI is InChI=1S/C30H45N11O3/c1-32-12-6-13-33-14-7-15-41-22-25(37-38-41)21-34-30-35-26(31)20-27(36-30)39-16-18-40(19-17-39)28(42)10-5-11-29(43)44-23-24-8-3-2-4-9-24/h2-4,8-9,20,22,32-33H,5-7,10-19,21,23H2,1H3,(H3,31,34,35,36). The third kappa shape index (κ3) is 11.1. The molecule has 2 aromatic heterocycles. The van der Waals surface area contributed by atoms with E-state index < -0.39 is 0 Å². The number of carbonyl (C=O) groups is 2. The van der Waals surface area contributed by atoms with Crippen molar-refractivity contribution in [1.29, 1.82) is 0 Å². The van der Waals surface area contributed by atoms with Crippen LogP contribution in [-0.2, 0) is 34.0 Å². The summed E-state index contributed by atoms with van der Waals surface area (Å²) >= 11 is 0. The second kappa shape index (κ2) is 17.7. The zero-order chi connectivity index (χ0) is 31.0. The third-order valence-corrected chi connectivity index (χ3v) is 7.24. The van der Waals surface area contributed by atoms with Gasteiger partial charge in [-0.15, -0.1) is 5.10 Å². The Bertz CT molecular complexity index is 1300. The summed E-state index contributed by atoms with van der Waals surface area (Å²) in [6, 6.07) is 11.3. The van der Waals surface area contributed by atoms with Crippen molar-refractivity contribution < 1.29 is 14.3 Å². The third-order valence-electron chi connectivity index (χ3n) is 7.24. The van der Waals surface area contributed by atoms with E-state index in [9.17, 15) is 9.59 Å². The average Bonchev–Trinajstić information content (AvgIpc) is 3.50. The predicted molar refractivity (Wildman–Crippen MR) is 169 cm³/mol. The number of nitrogens with one attached hydrogen (secondary N) is 3. The predicted octanol–water partition coefficient (Wildman–Crippen LogP) is 1.41. The van der Waals surface area contributed by atoms with Gasteiger partial charge >= 0.3 is 5.97 Å². The van der Waals surface area contributed by atoms with Crippen LogP contribution in [0.25, 0.3) is 0 Å². The van der Waals surface area contributed by atoms with Gasteiger partial charge in [0, 0.05) is 51.6 Å². The maximum absolute atomic E-state index is 12.7. The number of aromatic nitrogens is 5. The van der Waals surface area contributed by atoms with E-state index in [0.29, 0.717) is 63.1 Å². The van der Waals surface area contributed by atoms with E-state index in [1.54, 1.807) is 6.07 Å². The minimum Gasteiger partial charge on any atom is -0.461 e. The lowest BCUT2D eigenvalue weighted by Gasteiger charge is -2.35. The number of esters is 1. The molecule has 44 heavy (non-hydrogen) atoms. The fourth-order valence-corrected chi connectivity index (χ4v) is 4.81. The van der Waals surface area contributed by atoms with Gasteiger partial charge in [-0.3, -0.25) is 14.3 Å². The molecule has 5 N–H and O–H groups in total. The lowest BCUT2D eigenvalue weighted by Crippen LogP contribution is -2.49. The Labute approximate surface area is 258 Å². The summed E-state index contributed by atoms with van der Waals surface area (Å²) in [6.07, 6.45) is 5.00. The van der Waals surface area contributed by atoms with Gasteiger partial charge in [-0.05, 0) is 51.5 Å². The Morgan fingerprint density at radius 3 is 2.57 bits per heavy atom. The lowest BCUT2D eigenvalue weighted by atomic mass is 10.2. The van der Waals surface area contributed by atoms with Crippen molar-refractivity contribution in [2.24, 2.45) is 0 Å². The van der Waals surface area contributed by atoms with E-state index in [1.165, 1.54) is 0 Å². The minimum absolute atomic E-state index is 0.0406. The molecule has 238 valence electrons. The van der Waals surface area contributed by atoms with Gasteiger partial charge in [0.05, 0.1) is 12.7 Å². The van der Waals surface area contributed by atoms with Crippen LogP contribution in [0.2, 0.25) is 0 Å². The van der Waals surface area contributed by atoms with E-state index in [1.807, 2.05) is 53.2 Å². The number of aryl methyl sites for hydroxylation is 1. The summed E-state index contributed by atoms with van der Waals surface area (Å²) in [7, 11) is 1.96. The van der Waals surface area contributed by atoms with Crippen LogP contribution in [0.15, 0.2) is 42.6 Å². The average molecular weight is 608 g/mol. The monoisotopic (exact) mass is 607 g/mol. The highest BCUT2D eigenvalue weighted by Gasteiger charge is 2.22. The van der Waals surface area contributed by atoms with Crippen LogP contribution in [0.4, 0.5) is 17.6 Å². The molecular formula is C30H45N11O3. The smallest absolute Gasteiger partial charge is 0.306 e. The molecule has 1 fully saturated rings. The van der Waals surface area contributed by atoms with Gasteiger partial charge in [0.2, 0.25) is 11.9 Å². The number of benzene rings is 1. The minimum atomic E-state index is -0.291. The summed E-state index contributed by atoms with van der Waals surface area (Å²) in [6.45, 7) is 6.80. The molecule has 1 aliphatic rings. The molecule has 0 saturated carbocycles. The topological polar surface area (TPSA) is 168 Å². The quantitative estimate of drug-likeness (QED) is 0.121. The number of amides is 1. The number of nitrogens with two attached hydrogens (primary N) is 1. The first-order chi connectivity index (χ1) is 21.5. The van der Waals surface area contributed by atoms with Crippen molar-refractivity contribution in [3.8, 4) is 0 Å². The molecule has 0 atom stereocenters. The molecule has 3 aromatic rings. The van der Waals surface area contributed by atoms with E-state index in [0.717, 1.165) is 50.3 Å². The van der Waals surface area contributed by atoms with Crippen LogP contribution in [0.5, 0.6) is 0 Å². The first-order valence-corrected chi connectivity index (χ1v) is 15.3. The van der Waals surface area contributed by atoms with Crippen LogP contribution in [-0.4, -0.2) is 94.6 Å². The first kappa shape index (κ1) is 32.6. The number of hydrogen-bond acceptors (Lipinski definition) is 12. The van der Waals surface area contributed by atoms with Gasteiger partial charge in [0.1, 0.15) is 23.9 Å². The Morgan fingerprint density at radius 2 is 1.77 bits per heavy atom. The molecule has 3 heterocycles. The molecule has 0 aliphatic carbocycles. The van der Waals surface area contributed by atoms with Gasteiger partial charge in [-0.1, -0.05) is 35.5 Å². The van der Waals surface area contributed by atoms with Crippen molar-refractivity contribution in [3.05, 3.63) is 53.9 Å². The maximum Gasteiger partial charge on any atom is 0.306 e. The molecule has 1 saturated heterocycles. The number of nitrogen functional groups attached to an aromatic ring is 1. The van der Waals surface area contributed by atoms with Gasteiger partial charge in [0.15, 0.2) is 0 Å². The number of hydrogen-bond donors (Lipinski definition) is 4. The summed E-state index contributed by atoms with van der Waals surface area (Å²) in [4.78, 5) is 37.7. The number of nitrogens with zero attached hydrogens (tertiary/aromatic N) is 7. The zero-order valence-corrected chi connectivity index (χ0v) is 25.6. The Hall–Kier alpha value is -4.30. The molecule has 0 bridgehead atoms. The number of anilines is 3. The molecule has 14 nitrogen and oxygen atoms in total. The molecule has 1 aromatic carbocycles. The van der Waals surface area contributed by atoms with E-state index >= 15 is 0 Å². The van der Waals surface area contributed by atoms with Crippen LogP contribution in [0.1, 0.15) is 43.4 Å². The first-order valence-electron chi connectivity index (χ1n) is 15.3. The Kier molecular flexibility index (Phi) is 13.1. The normalized spacial score (nSPS) is 13.2. The molecule has 1 aliphatic heterocycles. The number of ether oxygens (including phenoxy) is 1. The molecule has 0 spiro atoms. The SMILES string of the molecule is CNCCCNCCCn1cc(CNc2nc(N)cc(N3CCN(C(=O)CCCC(=O)OCc4ccccc4)CC3)n2)nn1. The second-order valence-electron chi connectivity index (χ2n) is 10.7. The number of rotatable bonds is 18. The molecule has 1 amide bonds. The molecule has 0 unspecified atom stereocenters. The lowest BCUT2D eigenvalue weighted by molar-refractivity contribution is -0.145. The van der Waals surface area contributed by atoms with Crippen molar-refractivity contribution in [3.63, 3.8) is 0 Å². The molecule has 4 rings (SSSR count). The van der Waals surface area contributed by atoms with E-state index in [-0.39, 0.29) is 24.9 Å². The Balaban J connectivity index is 1.14. The molecule has 0 radical (unpaired) electrons. The highest BCUT2D eigenvalue weighted by Crippen LogP contribution is 2.19. The summed E-state index contributed by atoms with van der Waals surface area (Å²) in [5.74, 6) is 1.23. The molecule has 14 heteroatoms. The van der Waals surface area contributed by atoms with E-state index in [4.69, 9.17) is 10.5 Å². The van der Waals surface area contributed by atoms with E-state index in [2.05, 4.69) is 41.1 Å². The highest BCUT2D eigenvalue weighted by atomic mass is 16.5. The van der Waals surface area contributed by atoms with Crippen molar-refractivity contribution in [2.45, 2.75) is 51.8 Å². The summed E-state index contributed by atoms with van der Waals surface area (Å²) in [5.41, 5.74) is 7.82. The van der Waals surface area contributed by atoms with Gasteiger partial charge in [-0.2, -0.15) is 9.97 Å². The fourth-order valence-electron chi connectivity index (χ4n) is 4.81. The summed E-state index contributed by atoms with van der Waals surface area (Å²) in [5, 5.41) is 18.2. The maximum atomic E-state index is 12.7. The highest BCUT2D eigenvalue weighted by molar-refractivity contribution is 5.77. The van der Waals surface area contributed by atoms with Gasteiger partial charge in [0.25, 0.3) is 0 Å².